The molecule has 1 N–H and O–H groups in total. The smallest absolute Gasteiger partial charge is 0.338 e. The van der Waals surface area contributed by atoms with Crippen LogP contribution in [0.5, 0.6) is 5.88 Å². The zero-order valence-corrected chi connectivity index (χ0v) is 22.5. The highest BCUT2D eigenvalue weighted by atomic mass is 35.5. The van der Waals surface area contributed by atoms with Crippen LogP contribution in [0, 0.1) is 11.6 Å². The maximum absolute atomic E-state index is 14.4. The molecule has 1 atom stereocenters. The normalized spacial score (nSPS) is 16.7. The van der Waals surface area contributed by atoms with Gasteiger partial charge in [0.25, 0.3) is 0 Å². The van der Waals surface area contributed by atoms with Crippen molar-refractivity contribution in [1.29, 1.82) is 0 Å². The van der Waals surface area contributed by atoms with E-state index in [4.69, 9.17) is 21.1 Å². The number of hydrogen-bond acceptors (Lipinski definition) is 8. The Hall–Kier alpha value is -4.29. The molecule has 41 heavy (non-hydrogen) atoms. The summed E-state index contributed by atoms with van der Waals surface area (Å²) < 4.78 is 41.6. The average Bonchev–Trinajstić information content (AvgIpc) is 3.25. The van der Waals surface area contributed by atoms with Crippen LogP contribution in [0.4, 0.5) is 14.6 Å². The summed E-state index contributed by atoms with van der Waals surface area (Å²) >= 11 is 5.82. The summed E-state index contributed by atoms with van der Waals surface area (Å²) in [6.45, 7) is 2.60. The molecule has 4 heterocycles. The van der Waals surface area contributed by atoms with Gasteiger partial charge in [0.1, 0.15) is 36.2 Å². The highest BCUT2D eigenvalue weighted by molar-refractivity contribution is 6.30. The Kier molecular flexibility index (Phi) is 7.41. The molecule has 0 radical (unpaired) electrons. The fraction of sp³-hybridized carbons (Fsp3) is 0.286. The van der Waals surface area contributed by atoms with Gasteiger partial charge in [-0.25, -0.2) is 18.6 Å². The van der Waals surface area contributed by atoms with Crippen molar-refractivity contribution >= 4 is 40.8 Å². The predicted octanol–water partition coefficient (Wildman–Crippen LogP) is 4.69. The first-order chi connectivity index (χ1) is 19.8. The Bertz CT molecular complexity index is 1640. The first-order valence-electron chi connectivity index (χ1n) is 13.0. The number of carbonyl (C=O) groups is 1. The number of fused-ring (bicyclic) bond motifs is 1. The quantitative estimate of drug-likeness (QED) is 0.303. The molecular weight excluding hydrogens is 558 g/mol. The number of carboxylic acids is 1. The van der Waals surface area contributed by atoms with E-state index in [-0.39, 0.29) is 12.7 Å². The van der Waals surface area contributed by atoms with E-state index in [1.807, 2.05) is 20.5 Å². The maximum atomic E-state index is 14.4. The monoisotopic (exact) mass is 582 g/mol. The molecule has 6 rings (SSSR count). The van der Waals surface area contributed by atoms with E-state index in [0.717, 1.165) is 12.5 Å². The van der Waals surface area contributed by atoms with Gasteiger partial charge in [-0.1, -0.05) is 23.7 Å². The first-order valence-corrected chi connectivity index (χ1v) is 13.3. The number of imidazole rings is 1. The number of aromatic nitrogens is 3. The summed E-state index contributed by atoms with van der Waals surface area (Å²) in [7, 11) is 0. The van der Waals surface area contributed by atoms with Gasteiger partial charge in [0.15, 0.2) is 0 Å². The number of anilines is 1. The fourth-order valence-corrected chi connectivity index (χ4v) is 4.84. The third-order valence-corrected chi connectivity index (χ3v) is 7.23. The van der Waals surface area contributed by atoms with Crippen LogP contribution < -0.4 is 9.64 Å². The Morgan fingerprint density at radius 1 is 1.12 bits per heavy atom. The third kappa shape index (κ3) is 5.79. The molecule has 2 aromatic carbocycles. The van der Waals surface area contributed by atoms with Crippen LogP contribution in [-0.2, 0) is 24.4 Å². The van der Waals surface area contributed by atoms with Gasteiger partial charge in [-0.15, -0.1) is 0 Å². The second kappa shape index (κ2) is 11.3. The summed E-state index contributed by atoms with van der Waals surface area (Å²) in [5.41, 5.74) is 0.886. The van der Waals surface area contributed by atoms with Crippen LogP contribution in [0.1, 0.15) is 28.2 Å². The zero-order valence-electron chi connectivity index (χ0n) is 21.7. The lowest BCUT2D eigenvalue weighted by Crippen LogP contribution is -2.38. The largest absolute Gasteiger partial charge is 0.478 e. The number of hydrogen-bond donors (Lipinski definition) is 1. The van der Waals surface area contributed by atoms with Crippen LogP contribution in [-0.4, -0.2) is 62.8 Å². The van der Waals surface area contributed by atoms with Gasteiger partial charge < -0.3 is 24.0 Å². The highest BCUT2D eigenvalue weighted by Gasteiger charge is 2.25. The van der Waals surface area contributed by atoms with Gasteiger partial charge in [0.2, 0.25) is 5.88 Å². The zero-order chi connectivity index (χ0) is 28.5. The number of rotatable bonds is 9. The third-order valence-electron chi connectivity index (χ3n) is 7.00. The van der Waals surface area contributed by atoms with E-state index >= 15 is 0 Å². The molecule has 1 fully saturated rings. The number of hydrazone groups is 1. The van der Waals surface area contributed by atoms with E-state index < -0.39 is 23.2 Å². The molecule has 0 spiro atoms. The van der Waals surface area contributed by atoms with Gasteiger partial charge in [0.05, 0.1) is 42.3 Å². The molecule has 0 aliphatic carbocycles. The van der Waals surface area contributed by atoms with E-state index in [2.05, 4.69) is 15.1 Å². The molecule has 0 saturated carbocycles. The second-order valence-electron chi connectivity index (χ2n) is 9.72. The summed E-state index contributed by atoms with van der Waals surface area (Å²) in [4.78, 5) is 22.5. The van der Waals surface area contributed by atoms with Crippen LogP contribution in [0.2, 0.25) is 5.02 Å². The summed E-state index contributed by atoms with van der Waals surface area (Å²) in [6, 6.07) is 12.2. The van der Waals surface area contributed by atoms with Gasteiger partial charge in [-0.2, -0.15) is 10.1 Å². The molecule has 4 aromatic rings. The van der Waals surface area contributed by atoms with Crippen LogP contribution in [0.3, 0.4) is 0 Å². The minimum absolute atomic E-state index is 0.00603. The number of aromatic carboxylic acids is 1. The Balaban J connectivity index is 1.16. The lowest BCUT2D eigenvalue weighted by atomic mass is 10.1. The lowest BCUT2D eigenvalue weighted by molar-refractivity contribution is -0.0592. The number of benzene rings is 2. The van der Waals surface area contributed by atoms with E-state index in [1.54, 1.807) is 30.6 Å². The molecule has 212 valence electrons. The maximum Gasteiger partial charge on any atom is 0.338 e. The average molecular weight is 583 g/mol. The molecule has 1 saturated heterocycles. The van der Waals surface area contributed by atoms with Crippen molar-refractivity contribution in [3.8, 4) is 5.88 Å². The van der Waals surface area contributed by atoms with E-state index in [0.29, 0.717) is 71.9 Å². The van der Waals surface area contributed by atoms with Crippen molar-refractivity contribution in [3.63, 3.8) is 0 Å². The Morgan fingerprint density at radius 3 is 2.68 bits per heavy atom. The van der Waals surface area contributed by atoms with Gasteiger partial charge in [0, 0.05) is 35.9 Å². The second-order valence-corrected chi connectivity index (χ2v) is 10.2. The molecule has 2 aromatic heterocycles. The van der Waals surface area contributed by atoms with Crippen molar-refractivity contribution in [3.05, 3.63) is 82.1 Å². The van der Waals surface area contributed by atoms with Gasteiger partial charge in [-0.3, -0.25) is 5.01 Å². The van der Waals surface area contributed by atoms with Crippen LogP contribution in [0.25, 0.3) is 11.0 Å². The topological polar surface area (TPSA) is 105 Å². The molecule has 2 aliphatic rings. The highest BCUT2D eigenvalue weighted by Crippen LogP contribution is 2.26. The fourth-order valence-electron chi connectivity index (χ4n) is 4.68. The molecule has 0 bridgehead atoms. The van der Waals surface area contributed by atoms with Crippen molar-refractivity contribution < 1.29 is 28.2 Å². The van der Waals surface area contributed by atoms with E-state index in [9.17, 15) is 18.7 Å². The predicted molar refractivity (Wildman–Crippen MR) is 147 cm³/mol. The lowest BCUT2D eigenvalue weighted by Gasteiger charge is -2.30. The van der Waals surface area contributed by atoms with Crippen molar-refractivity contribution in [1.82, 2.24) is 19.5 Å². The molecule has 2 aliphatic heterocycles. The minimum Gasteiger partial charge on any atom is -0.478 e. The number of pyridine rings is 1. The molecule has 13 heteroatoms. The standard InChI is InChI=1S/C28H25ClF2N6O4/c29-18-5-4-17(21(30)10-18)15-41-27-3-1-2-25(34-27)35-7-8-36(32-16-35)14-26-33-23-12-22(31)20(28(38)39)11-24(23)37(26)13-19-6-9-40-19/h1-5,10-12,16,19H,6-9,13-15H2,(H,38,39). The number of halogens is 3. The summed E-state index contributed by atoms with van der Waals surface area (Å²) in [6.07, 6.45) is 2.52. The Labute approximate surface area is 238 Å². The van der Waals surface area contributed by atoms with Gasteiger partial charge in [-0.05, 0) is 30.7 Å². The number of ether oxygens (including phenoxy) is 2. The van der Waals surface area contributed by atoms with Crippen molar-refractivity contribution in [2.75, 3.05) is 24.6 Å². The molecular formula is C28H25ClF2N6O4. The van der Waals surface area contributed by atoms with E-state index in [1.165, 1.54) is 12.1 Å². The van der Waals surface area contributed by atoms with Gasteiger partial charge >= 0.3 is 5.97 Å². The van der Waals surface area contributed by atoms with Crippen molar-refractivity contribution in [2.24, 2.45) is 5.10 Å². The molecule has 1 unspecified atom stereocenters. The molecule has 0 amide bonds. The van der Waals surface area contributed by atoms with Crippen molar-refractivity contribution in [2.45, 2.75) is 32.2 Å². The number of carboxylic acid groups (broad SMARTS) is 1. The van der Waals surface area contributed by atoms with Crippen LogP contribution >= 0.6 is 11.6 Å². The Morgan fingerprint density at radius 2 is 1.98 bits per heavy atom. The number of nitrogens with zero attached hydrogens (tertiary/aromatic N) is 6. The summed E-state index contributed by atoms with van der Waals surface area (Å²) in [5.74, 6) is -1.02. The minimum atomic E-state index is -1.33. The SMILES string of the molecule is O=C(O)c1cc2c(cc1F)nc(CN1CCN(c3cccc(OCc4ccc(Cl)cc4F)n3)C=N1)n2CC1CCO1. The summed E-state index contributed by atoms with van der Waals surface area (Å²) in [5, 5.41) is 16.1. The van der Waals surface area contributed by atoms with Crippen LogP contribution in [0.15, 0.2) is 53.6 Å². The molecule has 10 nitrogen and oxygen atoms in total. The first kappa shape index (κ1) is 26.9.